The van der Waals surface area contributed by atoms with Gasteiger partial charge in [-0.15, -0.1) is 0 Å². The van der Waals surface area contributed by atoms with E-state index in [1.165, 1.54) is 0 Å². The predicted molar refractivity (Wildman–Crippen MR) is 61.7 cm³/mol. The van der Waals surface area contributed by atoms with E-state index in [2.05, 4.69) is 0 Å². The van der Waals surface area contributed by atoms with Crippen LogP contribution in [0, 0.1) is 5.41 Å². The number of aliphatic hydroxyl groups is 2. The fourth-order valence-corrected chi connectivity index (χ4v) is 1.69. The quantitative estimate of drug-likeness (QED) is 0.799. The smallest absolute Gasteiger partial charge is 0.0678 e. The van der Waals surface area contributed by atoms with Crippen molar-refractivity contribution in [2.75, 3.05) is 6.61 Å². The van der Waals surface area contributed by atoms with E-state index in [0.29, 0.717) is 0 Å². The first-order valence-corrected chi connectivity index (χ1v) is 5.30. The summed E-state index contributed by atoms with van der Waals surface area (Å²) >= 11 is 0. The average Bonchev–Trinajstić information content (AvgIpc) is 2.19. The van der Waals surface area contributed by atoms with Gasteiger partial charge in [0.1, 0.15) is 0 Å². The molecule has 84 valence electrons. The van der Waals surface area contributed by atoms with Crippen molar-refractivity contribution in [3.05, 3.63) is 35.9 Å². The molecule has 1 rings (SSSR count). The van der Waals surface area contributed by atoms with Crippen LogP contribution in [0.3, 0.4) is 0 Å². The van der Waals surface area contributed by atoms with Crippen LogP contribution >= 0.6 is 0 Å². The van der Waals surface area contributed by atoms with E-state index in [0.717, 1.165) is 5.56 Å². The van der Waals surface area contributed by atoms with Crippen LogP contribution in [0.1, 0.15) is 32.3 Å². The van der Waals surface area contributed by atoms with Crippen LogP contribution in [-0.2, 0) is 0 Å². The molecule has 2 nitrogen and oxygen atoms in total. The molecule has 2 N–H and O–H groups in total. The summed E-state index contributed by atoms with van der Waals surface area (Å²) in [6, 6.07) is 9.66. The molecule has 0 fully saturated rings. The summed E-state index contributed by atoms with van der Waals surface area (Å²) in [5.41, 5.74) is 0.769. The molecular weight excluding hydrogens is 188 g/mol. The zero-order chi connectivity index (χ0) is 11.5. The minimum absolute atomic E-state index is 0.0253. The highest BCUT2D eigenvalue weighted by Crippen LogP contribution is 2.31. The largest absolute Gasteiger partial charge is 0.396 e. The third kappa shape index (κ3) is 3.05. The molecule has 15 heavy (non-hydrogen) atoms. The van der Waals surface area contributed by atoms with E-state index >= 15 is 0 Å². The van der Waals surface area contributed by atoms with Crippen LogP contribution in [-0.4, -0.2) is 22.9 Å². The third-order valence-corrected chi connectivity index (χ3v) is 2.69. The lowest BCUT2D eigenvalue weighted by Crippen LogP contribution is -2.34. The van der Waals surface area contributed by atoms with Crippen LogP contribution in [0.25, 0.3) is 0 Å². The third-order valence-electron chi connectivity index (χ3n) is 2.69. The van der Waals surface area contributed by atoms with Crippen LogP contribution in [0.5, 0.6) is 0 Å². The highest BCUT2D eigenvalue weighted by Gasteiger charge is 2.30. The van der Waals surface area contributed by atoms with Crippen molar-refractivity contribution in [1.29, 1.82) is 0 Å². The Labute approximate surface area is 91.6 Å². The van der Waals surface area contributed by atoms with Gasteiger partial charge in [0.05, 0.1) is 12.7 Å². The first kappa shape index (κ1) is 12.2. The summed E-state index contributed by atoms with van der Waals surface area (Å²) in [5.74, 6) is -0.203. The molecule has 0 aromatic heterocycles. The van der Waals surface area contributed by atoms with Crippen LogP contribution < -0.4 is 0 Å². The summed E-state index contributed by atoms with van der Waals surface area (Å²) in [7, 11) is 0. The van der Waals surface area contributed by atoms with Gasteiger partial charge < -0.3 is 10.2 Å². The lowest BCUT2D eigenvalue weighted by atomic mass is 9.79. The fraction of sp³-hybridized carbons (Fsp3) is 0.538. The number of hydrogen-bond acceptors (Lipinski definition) is 2. The number of hydrogen-bond donors (Lipinski definition) is 2. The highest BCUT2D eigenvalue weighted by atomic mass is 16.3. The van der Waals surface area contributed by atoms with Gasteiger partial charge in [-0.1, -0.05) is 51.1 Å². The molecule has 0 amide bonds. The first-order chi connectivity index (χ1) is 6.96. The minimum Gasteiger partial charge on any atom is -0.396 e. The number of aliphatic hydroxyl groups excluding tert-OH is 2. The van der Waals surface area contributed by atoms with Crippen molar-refractivity contribution >= 4 is 0 Å². The summed E-state index contributed by atoms with van der Waals surface area (Å²) in [6.07, 6.45) is -0.537. The van der Waals surface area contributed by atoms with Crippen LogP contribution in [0.2, 0.25) is 0 Å². The van der Waals surface area contributed by atoms with Crippen LogP contribution in [0.4, 0.5) is 0 Å². The molecule has 0 heterocycles. The standard InChI is InChI=1S/C13H20O2/c1-13(2,3)12(15)11(9-14)10-7-5-4-6-8-10/h4-8,11-12,14-15H,9H2,1-3H3. The van der Waals surface area contributed by atoms with Gasteiger partial charge in [0, 0.05) is 5.92 Å². The second-order valence-electron chi connectivity index (χ2n) is 5.01. The SMILES string of the molecule is CC(C)(C)C(O)C(CO)c1ccccc1. The molecule has 0 spiro atoms. The Morgan fingerprint density at radius 1 is 1.13 bits per heavy atom. The zero-order valence-electron chi connectivity index (χ0n) is 9.64. The Morgan fingerprint density at radius 3 is 2.07 bits per heavy atom. The lowest BCUT2D eigenvalue weighted by Gasteiger charge is -2.32. The Bertz CT molecular complexity index is 287. The Morgan fingerprint density at radius 2 is 1.67 bits per heavy atom. The van der Waals surface area contributed by atoms with Gasteiger partial charge in [-0.3, -0.25) is 0 Å². The molecule has 1 aromatic rings. The maximum atomic E-state index is 10.1. The van der Waals surface area contributed by atoms with Gasteiger partial charge in [0.25, 0.3) is 0 Å². The lowest BCUT2D eigenvalue weighted by molar-refractivity contribution is 0.0204. The molecule has 0 aliphatic carbocycles. The molecule has 2 heteroatoms. The maximum Gasteiger partial charge on any atom is 0.0678 e. The molecule has 0 aliphatic heterocycles. The summed E-state index contributed by atoms with van der Waals surface area (Å²) < 4.78 is 0. The zero-order valence-corrected chi connectivity index (χ0v) is 9.64. The van der Waals surface area contributed by atoms with Gasteiger partial charge in [-0.05, 0) is 11.0 Å². The van der Waals surface area contributed by atoms with E-state index in [1.807, 2.05) is 51.1 Å². The van der Waals surface area contributed by atoms with Crippen molar-refractivity contribution in [2.24, 2.45) is 5.41 Å². The summed E-state index contributed by atoms with van der Waals surface area (Å²) in [5, 5.41) is 19.5. The number of rotatable bonds is 3. The van der Waals surface area contributed by atoms with Gasteiger partial charge in [0.2, 0.25) is 0 Å². The highest BCUT2D eigenvalue weighted by molar-refractivity contribution is 5.21. The first-order valence-electron chi connectivity index (χ1n) is 5.30. The molecule has 0 saturated heterocycles. The molecule has 2 unspecified atom stereocenters. The Hall–Kier alpha value is -0.860. The fourth-order valence-electron chi connectivity index (χ4n) is 1.69. The second-order valence-corrected chi connectivity index (χ2v) is 5.01. The molecule has 0 bridgehead atoms. The van der Waals surface area contributed by atoms with Gasteiger partial charge in [-0.2, -0.15) is 0 Å². The number of benzene rings is 1. The van der Waals surface area contributed by atoms with Gasteiger partial charge in [0.15, 0.2) is 0 Å². The minimum atomic E-state index is -0.537. The van der Waals surface area contributed by atoms with E-state index < -0.39 is 6.10 Å². The normalized spacial score (nSPS) is 16.1. The molecule has 2 atom stereocenters. The monoisotopic (exact) mass is 208 g/mol. The van der Waals surface area contributed by atoms with Crippen molar-refractivity contribution < 1.29 is 10.2 Å². The summed E-state index contributed by atoms with van der Waals surface area (Å²) in [4.78, 5) is 0. The van der Waals surface area contributed by atoms with E-state index in [9.17, 15) is 10.2 Å². The van der Waals surface area contributed by atoms with Crippen molar-refractivity contribution in [3.63, 3.8) is 0 Å². The van der Waals surface area contributed by atoms with Gasteiger partial charge in [-0.25, -0.2) is 0 Å². The second kappa shape index (κ2) is 4.77. The van der Waals surface area contributed by atoms with Gasteiger partial charge >= 0.3 is 0 Å². The topological polar surface area (TPSA) is 40.5 Å². The average molecular weight is 208 g/mol. The molecule has 1 aromatic carbocycles. The van der Waals surface area contributed by atoms with Crippen molar-refractivity contribution in [1.82, 2.24) is 0 Å². The Kier molecular flexibility index (Phi) is 3.89. The Balaban J connectivity index is 2.90. The van der Waals surface area contributed by atoms with E-state index in [-0.39, 0.29) is 17.9 Å². The van der Waals surface area contributed by atoms with E-state index in [4.69, 9.17) is 0 Å². The molecular formula is C13H20O2. The predicted octanol–water partition coefficient (Wildman–Crippen LogP) is 2.17. The maximum absolute atomic E-state index is 10.1. The van der Waals surface area contributed by atoms with Crippen molar-refractivity contribution in [3.8, 4) is 0 Å². The molecule has 0 saturated carbocycles. The molecule has 0 radical (unpaired) electrons. The summed E-state index contributed by atoms with van der Waals surface area (Å²) in [6.45, 7) is 5.90. The molecule has 0 aliphatic rings. The van der Waals surface area contributed by atoms with E-state index in [1.54, 1.807) is 0 Å². The van der Waals surface area contributed by atoms with Crippen LogP contribution in [0.15, 0.2) is 30.3 Å². The van der Waals surface area contributed by atoms with Crippen molar-refractivity contribution in [2.45, 2.75) is 32.8 Å².